The highest BCUT2D eigenvalue weighted by atomic mass is 16.1. The number of aromatic amines is 1. The van der Waals surface area contributed by atoms with Gasteiger partial charge in [0.15, 0.2) is 0 Å². The molecule has 0 aliphatic heterocycles. The standard InChI is InChI=1S/C19H18N6O/c1-13-20-10-11-25(13)18-8-6-14(12-21-18)22-19(26)9-7-17-23-15-4-2-3-5-16(15)24-17/h2-6,8,10-12H,7,9H2,1H3,(H,22,26)(H,23,24). The van der Waals surface area contributed by atoms with E-state index >= 15 is 0 Å². The fourth-order valence-corrected chi connectivity index (χ4v) is 2.80. The smallest absolute Gasteiger partial charge is 0.224 e. The molecule has 4 rings (SSSR count). The number of aromatic nitrogens is 5. The van der Waals surface area contributed by atoms with Gasteiger partial charge in [-0.2, -0.15) is 0 Å². The molecular formula is C19H18N6O. The number of rotatable bonds is 5. The van der Waals surface area contributed by atoms with Gasteiger partial charge in [-0.1, -0.05) is 12.1 Å². The Morgan fingerprint density at radius 3 is 2.81 bits per heavy atom. The Kier molecular flexibility index (Phi) is 4.18. The van der Waals surface area contributed by atoms with E-state index in [4.69, 9.17) is 0 Å². The molecule has 0 saturated heterocycles. The Morgan fingerprint density at radius 2 is 2.08 bits per heavy atom. The molecule has 0 aliphatic rings. The number of aryl methyl sites for hydroxylation is 2. The molecule has 1 aromatic carbocycles. The van der Waals surface area contributed by atoms with Crippen molar-refractivity contribution in [3.05, 3.63) is 66.6 Å². The van der Waals surface area contributed by atoms with E-state index in [1.165, 1.54) is 0 Å². The quantitative estimate of drug-likeness (QED) is 0.581. The van der Waals surface area contributed by atoms with Gasteiger partial charge in [-0.05, 0) is 31.2 Å². The SMILES string of the molecule is Cc1nccn1-c1ccc(NC(=O)CCc2nc3ccccc3[nH]2)cn1. The summed E-state index contributed by atoms with van der Waals surface area (Å²) in [4.78, 5) is 28.4. The highest BCUT2D eigenvalue weighted by molar-refractivity contribution is 5.90. The number of nitrogens with one attached hydrogen (secondary N) is 2. The fourth-order valence-electron chi connectivity index (χ4n) is 2.80. The van der Waals surface area contributed by atoms with Crippen molar-refractivity contribution in [2.45, 2.75) is 19.8 Å². The van der Waals surface area contributed by atoms with Crippen molar-refractivity contribution in [2.24, 2.45) is 0 Å². The zero-order valence-electron chi connectivity index (χ0n) is 14.3. The Labute approximate surface area is 150 Å². The van der Waals surface area contributed by atoms with Gasteiger partial charge in [0.25, 0.3) is 0 Å². The van der Waals surface area contributed by atoms with Crippen molar-refractivity contribution in [1.29, 1.82) is 0 Å². The molecule has 7 nitrogen and oxygen atoms in total. The van der Waals surface area contributed by atoms with Crippen LogP contribution in [0.4, 0.5) is 5.69 Å². The van der Waals surface area contributed by atoms with Gasteiger partial charge in [-0.3, -0.25) is 9.36 Å². The first-order valence-electron chi connectivity index (χ1n) is 8.39. The zero-order valence-corrected chi connectivity index (χ0v) is 14.3. The predicted octanol–water partition coefficient (Wildman–Crippen LogP) is 3.02. The monoisotopic (exact) mass is 346 g/mol. The van der Waals surface area contributed by atoms with Crippen LogP contribution in [-0.2, 0) is 11.2 Å². The van der Waals surface area contributed by atoms with Gasteiger partial charge >= 0.3 is 0 Å². The first-order valence-corrected chi connectivity index (χ1v) is 8.39. The number of hydrogen-bond donors (Lipinski definition) is 2. The van der Waals surface area contributed by atoms with Crippen LogP contribution in [0.1, 0.15) is 18.1 Å². The third-order valence-electron chi connectivity index (χ3n) is 4.13. The second-order valence-corrected chi connectivity index (χ2v) is 6.00. The molecular weight excluding hydrogens is 328 g/mol. The molecule has 0 aliphatic carbocycles. The summed E-state index contributed by atoms with van der Waals surface area (Å²) in [6, 6.07) is 11.5. The van der Waals surface area contributed by atoms with Crippen LogP contribution in [0.5, 0.6) is 0 Å². The first kappa shape index (κ1) is 16.0. The van der Waals surface area contributed by atoms with Crippen molar-refractivity contribution >= 4 is 22.6 Å². The van der Waals surface area contributed by atoms with Crippen LogP contribution in [0.3, 0.4) is 0 Å². The van der Waals surface area contributed by atoms with Crippen molar-refractivity contribution in [3.63, 3.8) is 0 Å². The number of para-hydroxylation sites is 2. The number of pyridine rings is 1. The second kappa shape index (κ2) is 6.79. The Morgan fingerprint density at radius 1 is 1.19 bits per heavy atom. The molecule has 0 atom stereocenters. The number of H-pyrrole nitrogens is 1. The molecule has 7 heteroatoms. The highest BCUT2D eigenvalue weighted by Gasteiger charge is 2.08. The zero-order chi connectivity index (χ0) is 17.9. The summed E-state index contributed by atoms with van der Waals surface area (Å²) in [5, 5.41) is 2.87. The molecule has 26 heavy (non-hydrogen) atoms. The highest BCUT2D eigenvalue weighted by Crippen LogP contribution is 2.13. The lowest BCUT2D eigenvalue weighted by Gasteiger charge is -2.07. The number of imidazole rings is 2. The molecule has 4 aromatic rings. The number of hydrogen-bond acceptors (Lipinski definition) is 4. The third-order valence-corrected chi connectivity index (χ3v) is 4.13. The van der Waals surface area contributed by atoms with Gasteiger partial charge in [0.2, 0.25) is 5.91 Å². The average molecular weight is 346 g/mol. The van der Waals surface area contributed by atoms with E-state index in [0.29, 0.717) is 18.5 Å². The lowest BCUT2D eigenvalue weighted by Crippen LogP contribution is -2.13. The molecule has 0 bridgehead atoms. The van der Waals surface area contributed by atoms with Crippen LogP contribution in [0.25, 0.3) is 16.9 Å². The molecule has 0 fully saturated rings. The van der Waals surface area contributed by atoms with Crippen LogP contribution in [0.2, 0.25) is 0 Å². The second-order valence-electron chi connectivity index (χ2n) is 6.00. The third kappa shape index (κ3) is 3.32. The molecule has 1 amide bonds. The number of carbonyl (C=O) groups excluding carboxylic acids is 1. The van der Waals surface area contributed by atoms with Gasteiger partial charge in [0.1, 0.15) is 17.5 Å². The minimum atomic E-state index is -0.0705. The summed E-state index contributed by atoms with van der Waals surface area (Å²) in [5.74, 6) is 2.37. The molecule has 0 saturated carbocycles. The Hall–Kier alpha value is -3.48. The minimum absolute atomic E-state index is 0.0705. The lowest BCUT2D eigenvalue weighted by molar-refractivity contribution is -0.116. The molecule has 0 unspecified atom stereocenters. The maximum atomic E-state index is 12.2. The summed E-state index contributed by atoms with van der Waals surface area (Å²) in [6.07, 6.45) is 6.13. The Bertz CT molecular complexity index is 1010. The Balaban J connectivity index is 1.36. The van der Waals surface area contributed by atoms with E-state index in [1.807, 2.05) is 54.1 Å². The van der Waals surface area contributed by atoms with E-state index in [2.05, 4.69) is 25.3 Å². The molecule has 0 spiro atoms. The fraction of sp³-hybridized carbons (Fsp3) is 0.158. The van der Waals surface area contributed by atoms with E-state index in [9.17, 15) is 4.79 Å². The van der Waals surface area contributed by atoms with Crippen LogP contribution < -0.4 is 5.32 Å². The van der Waals surface area contributed by atoms with E-state index < -0.39 is 0 Å². The predicted molar refractivity (Wildman–Crippen MR) is 99.1 cm³/mol. The number of anilines is 1. The number of fused-ring (bicyclic) bond motifs is 1. The van der Waals surface area contributed by atoms with Crippen LogP contribution in [-0.4, -0.2) is 30.4 Å². The number of amides is 1. The lowest BCUT2D eigenvalue weighted by atomic mass is 10.2. The number of carbonyl (C=O) groups is 1. The number of benzene rings is 1. The maximum absolute atomic E-state index is 12.2. The molecule has 3 aromatic heterocycles. The summed E-state index contributed by atoms with van der Waals surface area (Å²) < 4.78 is 1.88. The normalized spacial score (nSPS) is 11.0. The van der Waals surface area contributed by atoms with E-state index in [1.54, 1.807) is 12.4 Å². The van der Waals surface area contributed by atoms with Crippen LogP contribution >= 0.6 is 0 Å². The summed E-state index contributed by atoms with van der Waals surface area (Å²) in [6.45, 7) is 1.91. The van der Waals surface area contributed by atoms with E-state index in [0.717, 1.165) is 28.5 Å². The molecule has 0 radical (unpaired) electrons. The van der Waals surface area contributed by atoms with Gasteiger partial charge in [-0.25, -0.2) is 15.0 Å². The van der Waals surface area contributed by atoms with Gasteiger partial charge < -0.3 is 10.3 Å². The van der Waals surface area contributed by atoms with Crippen LogP contribution in [0, 0.1) is 6.92 Å². The summed E-state index contributed by atoms with van der Waals surface area (Å²) in [5.41, 5.74) is 2.57. The summed E-state index contributed by atoms with van der Waals surface area (Å²) in [7, 11) is 0. The topological polar surface area (TPSA) is 88.5 Å². The van der Waals surface area contributed by atoms with Crippen molar-refractivity contribution in [3.8, 4) is 5.82 Å². The largest absolute Gasteiger partial charge is 0.342 e. The van der Waals surface area contributed by atoms with Crippen molar-refractivity contribution in [2.75, 3.05) is 5.32 Å². The molecule has 3 heterocycles. The van der Waals surface area contributed by atoms with Gasteiger partial charge in [0, 0.05) is 25.2 Å². The first-order chi connectivity index (χ1) is 12.7. The van der Waals surface area contributed by atoms with Gasteiger partial charge in [0.05, 0.1) is 22.9 Å². The minimum Gasteiger partial charge on any atom is -0.342 e. The number of nitrogens with zero attached hydrogens (tertiary/aromatic N) is 4. The average Bonchev–Trinajstić information content (AvgIpc) is 3.26. The van der Waals surface area contributed by atoms with Crippen molar-refractivity contribution in [1.82, 2.24) is 24.5 Å². The summed E-state index contributed by atoms with van der Waals surface area (Å²) >= 11 is 0. The van der Waals surface area contributed by atoms with Gasteiger partial charge in [-0.15, -0.1) is 0 Å². The molecule has 2 N–H and O–H groups in total. The van der Waals surface area contributed by atoms with Crippen LogP contribution in [0.15, 0.2) is 55.0 Å². The molecule has 130 valence electrons. The van der Waals surface area contributed by atoms with Crippen molar-refractivity contribution < 1.29 is 4.79 Å². The van der Waals surface area contributed by atoms with E-state index in [-0.39, 0.29) is 5.91 Å². The maximum Gasteiger partial charge on any atom is 0.224 e.